The molecule has 0 unspecified atom stereocenters. The molecule has 2 radical (unpaired) electrons. The van der Waals surface area contributed by atoms with Gasteiger partial charge in [-0.25, -0.2) is 0 Å². The zero-order valence-corrected chi connectivity index (χ0v) is 4.40. The fourth-order valence-corrected chi connectivity index (χ4v) is 0.101. The van der Waals surface area contributed by atoms with E-state index in [1.807, 2.05) is 0 Å². The molecule has 0 heterocycles. The first-order valence-electron chi connectivity index (χ1n) is 1.90. The fraction of sp³-hybridized carbons (Fsp3) is 0.200. The fourth-order valence-electron chi connectivity index (χ4n) is 0.101. The third kappa shape index (κ3) is 2.09. The molecule has 0 fully saturated rings. The van der Waals surface area contributed by atoms with E-state index >= 15 is 0 Å². The number of hydrogen-bond donors (Lipinski definition) is 0. The molecular formula is C5H7BO. The summed E-state index contributed by atoms with van der Waals surface area (Å²) in [5, 5.41) is 0. The molecule has 0 atom stereocenters. The first kappa shape index (κ1) is 6.34. The molecule has 0 aromatic carbocycles. The van der Waals surface area contributed by atoms with Crippen molar-refractivity contribution in [2.45, 2.75) is 6.92 Å². The van der Waals surface area contributed by atoms with Gasteiger partial charge in [0.05, 0.1) is 5.76 Å². The Morgan fingerprint density at radius 1 is 1.57 bits per heavy atom. The molecule has 0 aromatic heterocycles. The zero-order chi connectivity index (χ0) is 5.86. The minimum absolute atomic E-state index is 0.431. The molecular weight excluding hydrogens is 86.9 g/mol. The Labute approximate surface area is 45.1 Å². The highest BCUT2D eigenvalue weighted by molar-refractivity contribution is 5.99. The Bertz CT molecular complexity index is 96.3. The predicted octanol–water partition coefficient (Wildman–Crippen LogP) is 1.18. The quantitative estimate of drug-likeness (QED) is 0.283. The van der Waals surface area contributed by atoms with Crippen molar-refractivity contribution in [2.75, 3.05) is 0 Å². The summed E-state index contributed by atoms with van der Waals surface area (Å²) in [5.74, 6) is 0.431. The van der Waals surface area contributed by atoms with Crippen LogP contribution in [0.1, 0.15) is 6.92 Å². The van der Waals surface area contributed by atoms with Crippen molar-refractivity contribution in [1.29, 1.82) is 0 Å². The topological polar surface area (TPSA) is 9.23 Å². The maximum absolute atomic E-state index is 4.71. The van der Waals surface area contributed by atoms with Crippen molar-refractivity contribution in [3.63, 3.8) is 0 Å². The van der Waals surface area contributed by atoms with Crippen LogP contribution in [0.2, 0.25) is 0 Å². The third-order valence-corrected chi connectivity index (χ3v) is 0.618. The van der Waals surface area contributed by atoms with Gasteiger partial charge in [-0.05, 0) is 12.5 Å². The molecule has 0 rings (SSSR count). The van der Waals surface area contributed by atoms with Gasteiger partial charge in [0.25, 0.3) is 0 Å². The lowest BCUT2D eigenvalue weighted by Gasteiger charge is -1.99. The monoisotopic (exact) mass is 94.1 g/mol. The average molecular weight is 93.9 g/mol. The average Bonchev–Trinajstić information content (AvgIpc) is 1.65. The van der Waals surface area contributed by atoms with Gasteiger partial charge in [-0.15, -0.1) is 0 Å². The number of allylic oxidation sites excluding steroid dienone is 1. The van der Waals surface area contributed by atoms with Crippen LogP contribution in [0.5, 0.6) is 0 Å². The smallest absolute Gasteiger partial charge is 0.374 e. The first-order chi connectivity index (χ1) is 3.18. The van der Waals surface area contributed by atoms with Crippen molar-refractivity contribution >= 4 is 8.05 Å². The van der Waals surface area contributed by atoms with E-state index in [1.165, 1.54) is 0 Å². The molecule has 36 valence electrons. The highest BCUT2D eigenvalue weighted by Gasteiger charge is 1.85. The molecule has 0 spiro atoms. The van der Waals surface area contributed by atoms with E-state index in [-0.39, 0.29) is 0 Å². The van der Waals surface area contributed by atoms with Gasteiger partial charge in [-0.1, -0.05) is 13.2 Å². The molecule has 1 nitrogen and oxygen atoms in total. The van der Waals surface area contributed by atoms with Crippen LogP contribution in [0, 0.1) is 0 Å². The highest BCUT2D eigenvalue weighted by atomic mass is 16.4. The van der Waals surface area contributed by atoms with Crippen molar-refractivity contribution in [3.05, 3.63) is 24.5 Å². The summed E-state index contributed by atoms with van der Waals surface area (Å²) in [6, 6.07) is 0. The van der Waals surface area contributed by atoms with Crippen LogP contribution in [0.4, 0.5) is 0 Å². The second-order valence-corrected chi connectivity index (χ2v) is 1.32. The van der Waals surface area contributed by atoms with Gasteiger partial charge in [0, 0.05) is 0 Å². The molecule has 0 aliphatic carbocycles. The van der Waals surface area contributed by atoms with Gasteiger partial charge >= 0.3 is 8.05 Å². The number of rotatable bonds is 2. The van der Waals surface area contributed by atoms with Crippen LogP contribution in [-0.4, -0.2) is 8.05 Å². The molecule has 0 saturated carbocycles. The summed E-state index contributed by atoms with van der Waals surface area (Å²) in [4.78, 5) is 0. The first-order valence-corrected chi connectivity index (χ1v) is 1.90. The van der Waals surface area contributed by atoms with Crippen LogP contribution in [0.15, 0.2) is 24.5 Å². The summed E-state index contributed by atoms with van der Waals surface area (Å²) < 4.78 is 4.22. The SMILES string of the molecule is [B]OC(=C)C(=C)C. The number of hydrogen-bond acceptors (Lipinski definition) is 1. The predicted molar refractivity (Wildman–Crippen MR) is 30.8 cm³/mol. The van der Waals surface area contributed by atoms with Gasteiger partial charge in [-0.3, -0.25) is 0 Å². The van der Waals surface area contributed by atoms with E-state index in [2.05, 4.69) is 17.8 Å². The van der Waals surface area contributed by atoms with Crippen LogP contribution in [-0.2, 0) is 4.65 Å². The van der Waals surface area contributed by atoms with Crippen LogP contribution in [0.25, 0.3) is 0 Å². The second-order valence-electron chi connectivity index (χ2n) is 1.32. The molecule has 0 N–H and O–H groups in total. The van der Waals surface area contributed by atoms with Crippen molar-refractivity contribution < 1.29 is 4.65 Å². The van der Waals surface area contributed by atoms with Gasteiger partial charge in [-0.2, -0.15) is 0 Å². The van der Waals surface area contributed by atoms with Gasteiger partial charge in [0.1, 0.15) is 0 Å². The Hall–Kier alpha value is -0.655. The summed E-state index contributed by atoms with van der Waals surface area (Å²) in [5.41, 5.74) is 0.752. The molecule has 0 amide bonds. The Morgan fingerprint density at radius 2 is 2.00 bits per heavy atom. The van der Waals surface area contributed by atoms with E-state index in [0.717, 1.165) is 5.57 Å². The lowest BCUT2D eigenvalue weighted by Crippen LogP contribution is -1.83. The molecule has 7 heavy (non-hydrogen) atoms. The summed E-state index contributed by atoms with van der Waals surface area (Å²) in [6.45, 7) is 8.72. The second kappa shape index (κ2) is 2.51. The molecule has 0 aliphatic rings. The van der Waals surface area contributed by atoms with Crippen LogP contribution >= 0.6 is 0 Å². The minimum atomic E-state index is 0.431. The zero-order valence-electron chi connectivity index (χ0n) is 4.40. The molecule has 2 heteroatoms. The Kier molecular flexibility index (Phi) is 2.27. The maximum Gasteiger partial charge on any atom is 0.374 e. The van der Waals surface area contributed by atoms with E-state index in [4.69, 9.17) is 8.05 Å². The standard InChI is InChI=1S/C5H7BO/c1-4(2)5(3)7-6/h1,3H2,2H3. The summed E-state index contributed by atoms with van der Waals surface area (Å²) >= 11 is 0. The van der Waals surface area contributed by atoms with Crippen molar-refractivity contribution in [1.82, 2.24) is 0 Å². The minimum Gasteiger partial charge on any atom is -0.568 e. The van der Waals surface area contributed by atoms with E-state index < -0.39 is 0 Å². The van der Waals surface area contributed by atoms with E-state index in [1.54, 1.807) is 6.92 Å². The summed E-state index contributed by atoms with van der Waals surface area (Å²) in [7, 11) is 4.71. The van der Waals surface area contributed by atoms with Crippen molar-refractivity contribution in [3.8, 4) is 0 Å². The molecule has 0 saturated heterocycles. The summed E-state index contributed by atoms with van der Waals surface area (Å²) in [6.07, 6.45) is 0. The lowest BCUT2D eigenvalue weighted by atomic mass is 10.3. The van der Waals surface area contributed by atoms with Crippen LogP contribution in [0.3, 0.4) is 0 Å². The van der Waals surface area contributed by atoms with E-state index in [0.29, 0.717) is 5.76 Å². The maximum atomic E-state index is 4.71. The van der Waals surface area contributed by atoms with Gasteiger partial charge in [0.15, 0.2) is 0 Å². The Morgan fingerprint density at radius 3 is 2.00 bits per heavy atom. The third-order valence-electron chi connectivity index (χ3n) is 0.618. The normalized spacial score (nSPS) is 7.57. The highest BCUT2D eigenvalue weighted by Crippen LogP contribution is 2.00. The van der Waals surface area contributed by atoms with Crippen LogP contribution < -0.4 is 0 Å². The van der Waals surface area contributed by atoms with Gasteiger partial charge in [0.2, 0.25) is 0 Å². The van der Waals surface area contributed by atoms with Gasteiger partial charge < -0.3 is 4.65 Å². The largest absolute Gasteiger partial charge is 0.568 e. The molecule has 0 aromatic rings. The van der Waals surface area contributed by atoms with Crippen molar-refractivity contribution in [2.24, 2.45) is 0 Å². The Balaban J connectivity index is 3.58. The lowest BCUT2D eigenvalue weighted by molar-refractivity contribution is 0.486. The van der Waals surface area contributed by atoms with E-state index in [9.17, 15) is 0 Å². The molecule has 0 bridgehead atoms. The molecule has 0 aliphatic heterocycles.